The van der Waals surface area contributed by atoms with Crippen molar-refractivity contribution < 1.29 is 4.79 Å². The molecule has 1 fully saturated rings. The van der Waals surface area contributed by atoms with E-state index in [0.29, 0.717) is 0 Å². The Bertz CT molecular complexity index is 320. The van der Waals surface area contributed by atoms with E-state index in [4.69, 9.17) is 0 Å². The third-order valence-corrected chi connectivity index (χ3v) is 2.53. The van der Waals surface area contributed by atoms with Crippen LogP contribution in [-0.4, -0.2) is 36.0 Å². The maximum atomic E-state index is 10.4. The number of aliphatic imine (C=N–C) groups is 2. The van der Waals surface area contributed by atoms with Crippen LogP contribution in [0.5, 0.6) is 0 Å². The zero-order chi connectivity index (χ0) is 9.80. The molecule has 2 aliphatic rings. The third-order valence-electron chi connectivity index (χ3n) is 2.53. The van der Waals surface area contributed by atoms with Gasteiger partial charge in [-0.2, -0.15) is 0 Å². The van der Waals surface area contributed by atoms with Gasteiger partial charge in [0.2, 0.25) is 5.82 Å². The normalized spacial score (nSPS) is 21.9. The summed E-state index contributed by atoms with van der Waals surface area (Å²) >= 11 is 0. The summed E-state index contributed by atoms with van der Waals surface area (Å²) in [7, 11) is 0. The average molecular weight is 191 g/mol. The zero-order valence-electron chi connectivity index (χ0n) is 8.07. The maximum Gasteiger partial charge on any atom is 0.240 e. The molecule has 0 N–H and O–H groups in total. The maximum absolute atomic E-state index is 10.4. The number of hydrogen-bond donors (Lipinski definition) is 0. The molecule has 1 saturated heterocycles. The molecule has 0 aliphatic carbocycles. The van der Waals surface area contributed by atoms with Gasteiger partial charge in [0.05, 0.1) is 0 Å². The van der Waals surface area contributed by atoms with Crippen molar-refractivity contribution in [2.45, 2.75) is 25.7 Å². The number of rotatable bonds is 0. The van der Waals surface area contributed by atoms with E-state index in [-0.39, 0.29) is 5.82 Å². The van der Waals surface area contributed by atoms with E-state index in [1.165, 1.54) is 19.3 Å². The summed E-state index contributed by atoms with van der Waals surface area (Å²) in [4.78, 5) is 20.6. The first-order valence-electron chi connectivity index (χ1n) is 5.00. The van der Waals surface area contributed by atoms with Gasteiger partial charge >= 0.3 is 0 Å². The molecular weight excluding hydrogens is 178 g/mol. The lowest BCUT2D eigenvalue weighted by Crippen LogP contribution is -2.36. The van der Waals surface area contributed by atoms with Gasteiger partial charge in [-0.25, -0.2) is 14.8 Å². The summed E-state index contributed by atoms with van der Waals surface area (Å²) in [6.07, 6.45) is 6.21. The molecule has 0 saturated carbocycles. The number of likely N-dealkylation sites (tertiary alicyclic amines) is 1. The fraction of sp³-hybridized carbons (Fsp3) is 0.600. The zero-order valence-corrected chi connectivity index (χ0v) is 8.07. The summed E-state index contributed by atoms with van der Waals surface area (Å²) in [5.41, 5.74) is 0. The highest BCUT2D eigenvalue weighted by Crippen LogP contribution is 2.13. The van der Waals surface area contributed by atoms with Gasteiger partial charge in [0.15, 0.2) is 5.94 Å². The van der Waals surface area contributed by atoms with Crippen LogP contribution in [0.2, 0.25) is 0 Å². The molecule has 4 heteroatoms. The first kappa shape index (κ1) is 9.16. The first-order valence-corrected chi connectivity index (χ1v) is 5.00. The standard InChI is InChI=1S/C10H13N3O/c14-8-9-11-5-4-10(12-9)13-6-2-1-3-7-13/h5H,1-4,6-7H2. The molecular formula is C10H13N3O. The number of amidine groups is 1. The van der Waals surface area contributed by atoms with Gasteiger partial charge in [-0.3, -0.25) is 0 Å². The van der Waals surface area contributed by atoms with Gasteiger partial charge in [-0.05, 0) is 19.3 Å². The lowest BCUT2D eigenvalue weighted by atomic mass is 10.1. The Morgan fingerprint density at radius 2 is 2.07 bits per heavy atom. The molecule has 2 heterocycles. The number of hydrogen-bond acceptors (Lipinski definition) is 4. The van der Waals surface area contributed by atoms with E-state index in [1.807, 2.05) is 0 Å². The monoisotopic (exact) mass is 191 g/mol. The van der Waals surface area contributed by atoms with Gasteiger partial charge in [0, 0.05) is 25.7 Å². The number of carbonyl (C=O) groups excluding carboxylic acids is 1. The molecule has 2 aliphatic heterocycles. The van der Waals surface area contributed by atoms with E-state index >= 15 is 0 Å². The lowest BCUT2D eigenvalue weighted by Gasteiger charge is -2.29. The van der Waals surface area contributed by atoms with Crippen molar-refractivity contribution in [2.75, 3.05) is 13.1 Å². The predicted octanol–water partition coefficient (Wildman–Crippen LogP) is 1.02. The second-order valence-corrected chi connectivity index (χ2v) is 3.52. The summed E-state index contributed by atoms with van der Waals surface area (Å²) in [5, 5.41) is 0. The average Bonchev–Trinajstić information content (AvgIpc) is 2.30. The van der Waals surface area contributed by atoms with Gasteiger partial charge in [-0.15, -0.1) is 0 Å². The Balaban J connectivity index is 2.10. The van der Waals surface area contributed by atoms with E-state index in [1.54, 1.807) is 12.2 Å². The van der Waals surface area contributed by atoms with Crippen molar-refractivity contribution in [1.29, 1.82) is 0 Å². The molecule has 0 aromatic heterocycles. The second-order valence-electron chi connectivity index (χ2n) is 3.52. The Kier molecular flexibility index (Phi) is 2.75. The molecule has 0 unspecified atom stereocenters. The van der Waals surface area contributed by atoms with E-state index < -0.39 is 0 Å². The van der Waals surface area contributed by atoms with Crippen molar-refractivity contribution in [1.82, 2.24) is 4.90 Å². The molecule has 0 aromatic carbocycles. The fourth-order valence-corrected chi connectivity index (χ4v) is 1.81. The molecule has 0 bridgehead atoms. The van der Waals surface area contributed by atoms with Crippen molar-refractivity contribution in [3.05, 3.63) is 5.82 Å². The largest absolute Gasteiger partial charge is 0.360 e. The second kappa shape index (κ2) is 4.20. The van der Waals surface area contributed by atoms with Crippen molar-refractivity contribution in [3.8, 4) is 0 Å². The van der Waals surface area contributed by atoms with Crippen molar-refractivity contribution in [2.24, 2.45) is 9.98 Å². The Labute approximate surface area is 83.0 Å². The third kappa shape index (κ3) is 1.91. The molecule has 2 rings (SSSR count). The SMILES string of the molecule is O=C=C1N=CCC(N2CCCCC2)=N1. The fourth-order valence-electron chi connectivity index (χ4n) is 1.81. The van der Waals surface area contributed by atoms with Crippen molar-refractivity contribution in [3.63, 3.8) is 0 Å². The molecule has 14 heavy (non-hydrogen) atoms. The van der Waals surface area contributed by atoms with Gasteiger partial charge in [-0.1, -0.05) is 0 Å². The Morgan fingerprint density at radius 1 is 1.29 bits per heavy atom. The summed E-state index contributed by atoms with van der Waals surface area (Å²) < 4.78 is 0. The topological polar surface area (TPSA) is 45.0 Å². The molecule has 0 atom stereocenters. The van der Waals surface area contributed by atoms with Crippen LogP contribution in [0.4, 0.5) is 0 Å². The van der Waals surface area contributed by atoms with Crippen LogP contribution in [0.15, 0.2) is 15.8 Å². The van der Waals surface area contributed by atoms with Gasteiger partial charge in [0.1, 0.15) is 5.84 Å². The highest BCUT2D eigenvalue weighted by atomic mass is 16.1. The predicted molar refractivity (Wildman–Crippen MR) is 55.2 cm³/mol. The van der Waals surface area contributed by atoms with Crippen LogP contribution < -0.4 is 0 Å². The molecule has 0 amide bonds. The summed E-state index contributed by atoms with van der Waals surface area (Å²) in [6.45, 7) is 2.11. The van der Waals surface area contributed by atoms with Crippen LogP contribution in [0.1, 0.15) is 25.7 Å². The molecule has 0 radical (unpaired) electrons. The van der Waals surface area contributed by atoms with Gasteiger partial charge < -0.3 is 4.90 Å². The van der Waals surface area contributed by atoms with Crippen LogP contribution in [0.25, 0.3) is 0 Å². The molecule has 0 spiro atoms. The van der Waals surface area contributed by atoms with Crippen LogP contribution >= 0.6 is 0 Å². The van der Waals surface area contributed by atoms with Crippen LogP contribution in [0, 0.1) is 0 Å². The molecule has 4 nitrogen and oxygen atoms in total. The molecule has 74 valence electrons. The lowest BCUT2D eigenvalue weighted by molar-refractivity contribution is 0.338. The summed E-state index contributed by atoms with van der Waals surface area (Å²) in [6, 6.07) is 0. The Morgan fingerprint density at radius 3 is 2.79 bits per heavy atom. The summed E-state index contributed by atoms with van der Waals surface area (Å²) in [5.74, 6) is 2.88. The Hall–Kier alpha value is -1.41. The first-order chi connectivity index (χ1) is 6.90. The minimum absolute atomic E-state index is 0.178. The quantitative estimate of drug-likeness (QED) is 0.536. The van der Waals surface area contributed by atoms with Crippen LogP contribution in [-0.2, 0) is 4.79 Å². The van der Waals surface area contributed by atoms with E-state index in [2.05, 4.69) is 14.9 Å². The van der Waals surface area contributed by atoms with Crippen LogP contribution in [0.3, 0.4) is 0 Å². The highest BCUT2D eigenvalue weighted by molar-refractivity contribution is 5.97. The molecule has 0 aromatic rings. The van der Waals surface area contributed by atoms with Crippen molar-refractivity contribution >= 4 is 18.0 Å². The van der Waals surface area contributed by atoms with E-state index in [0.717, 1.165) is 25.3 Å². The minimum Gasteiger partial charge on any atom is -0.360 e. The minimum atomic E-state index is 0.178. The highest BCUT2D eigenvalue weighted by Gasteiger charge is 2.16. The number of nitrogens with zero attached hydrogens (tertiary/aromatic N) is 3. The smallest absolute Gasteiger partial charge is 0.240 e. The van der Waals surface area contributed by atoms with Gasteiger partial charge in [0.25, 0.3) is 0 Å². The van der Waals surface area contributed by atoms with E-state index in [9.17, 15) is 4.79 Å². The number of piperidine rings is 1.